The van der Waals surface area contributed by atoms with E-state index in [1.807, 2.05) is 25.8 Å². The molecule has 1 aliphatic heterocycles. The fraction of sp³-hybridized carbons (Fsp3) is 0.867. The third-order valence-electron chi connectivity index (χ3n) is 4.94. The van der Waals surface area contributed by atoms with Gasteiger partial charge in [-0.15, -0.1) is 0 Å². The van der Waals surface area contributed by atoms with Crippen LogP contribution >= 0.6 is 0 Å². The molecule has 108 valence electrons. The van der Waals surface area contributed by atoms with Gasteiger partial charge in [-0.3, -0.25) is 9.59 Å². The second-order valence-corrected chi connectivity index (χ2v) is 6.15. The number of nitrogens with zero attached hydrogens (tertiary/aromatic N) is 1. The summed E-state index contributed by atoms with van der Waals surface area (Å²) in [5.41, 5.74) is 0. The maximum absolute atomic E-state index is 12.7. The number of ketones is 1. The molecule has 0 bridgehead atoms. The van der Waals surface area contributed by atoms with Crippen LogP contribution in [0.4, 0.5) is 0 Å². The second kappa shape index (κ2) is 5.61. The molecule has 1 aliphatic carbocycles. The van der Waals surface area contributed by atoms with Crippen LogP contribution in [0.15, 0.2) is 0 Å². The van der Waals surface area contributed by atoms with E-state index in [4.69, 9.17) is 4.74 Å². The largest absolute Gasteiger partial charge is 0.374 e. The molecule has 1 saturated carbocycles. The van der Waals surface area contributed by atoms with E-state index in [0.717, 1.165) is 12.8 Å². The molecule has 1 amide bonds. The van der Waals surface area contributed by atoms with Crippen molar-refractivity contribution in [3.05, 3.63) is 0 Å². The number of ether oxygens (including phenoxy) is 1. The zero-order valence-corrected chi connectivity index (χ0v) is 12.4. The minimum absolute atomic E-state index is 0.00910. The van der Waals surface area contributed by atoms with Crippen molar-refractivity contribution in [1.82, 2.24) is 4.90 Å². The van der Waals surface area contributed by atoms with Crippen LogP contribution in [0.1, 0.15) is 46.5 Å². The lowest BCUT2D eigenvalue weighted by Crippen LogP contribution is -2.45. The summed E-state index contributed by atoms with van der Waals surface area (Å²) in [5, 5.41) is 0. The Bertz CT molecular complexity index is 358. The Kier molecular flexibility index (Phi) is 4.29. The Morgan fingerprint density at radius 1 is 1.16 bits per heavy atom. The third-order valence-corrected chi connectivity index (χ3v) is 4.94. The Balaban J connectivity index is 2.01. The Hall–Kier alpha value is -0.900. The minimum Gasteiger partial charge on any atom is -0.374 e. The quantitative estimate of drug-likeness (QED) is 0.769. The molecule has 2 aliphatic rings. The van der Waals surface area contributed by atoms with Gasteiger partial charge in [0.05, 0.1) is 18.1 Å². The van der Waals surface area contributed by atoms with Crippen LogP contribution in [0, 0.1) is 11.8 Å². The summed E-state index contributed by atoms with van der Waals surface area (Å²) in [5.74, 6) is 0.730. The van der Waals surface area contributed by atoms with E-state index in [1.54, 1.807) is 0 Å². The number of carbonyl (C=O) groups is 2. The van der Waals surface area contributed by atoms with Crippen molar-refractivity contribution in [1.29, 1.82) is 0 Å². The number of carbonyl (C=O) groups excluding carboxylic acids is 2. The SMILES string of the molecule is CC1OC(C)C(C(=O)N(C)C2CCC(=O)CC2)C1C. The van der Waals surface area contributed by atoms with Crippen molar-refractivity contribution >= 4 is 11.7 Å². The molecule has 1 saturated heterocycles. The fourth-order valence-electron chi connectivity index (χ4n) is 3.42. The standard InChI is InChI=1S/C15H25NO3/c1-9-10(2)19-11(3)14(9)15(18)16(4)12-5-7-13(17)8-6-12/h9-12,14H,5-8H2,1-4H3. The molecule has 2 fully saturated rings. The highest BCUT2D eigenvalue weighted by Gasteiger charge is 2.43. The van der Waals surface area contributed by atoms with Gasteiger partial charge in [0.25, 0.3) is 0 Å². The molecule has 0 radical (unpaired) electrons. The maximum atomic E-state index is 12.7. The van der Waals surface area contributed by atoms with Crippen LogP contribution in [0.3, 0.4) is 0 Å². The summed E-state index contributed by atoms with van der Waals surface area (Å²) in [7, 11) is 1.88. The van der Waals surface area contributed by atoms with Gasteiger partial charge in [-0.25, -0.2) is 0 Å². The molecule has 0 aromatic heterocycles. The molecule has 4 atom stereocenters. The lowest BCUT2D eigenvalue weighted by Gasteiger charge is -2.34. The van der Waals surface area contributed by atoms with Crippen LogP contribution in [-0.4, -0.2) is 41.9 Å². The molecule has 4 heteroatoms. The molecule has 0 aromatic rings. The molecule has 0 aromatic carbocycles. The van der Waals surface area contributed by atoms with Crippen molar-refractivity contribution < 1.29 is 14.3 Å². The first-order valence-corrected chi connectivity index (χ1v) is 7.35. The summed E-state index contributed by atoms with van der Waals surface area (Å²) >= 11 is 0. The first kappa shape index (κ1) is 14.5. The van der Waals surface area contributed by atoms with Crippen LogP contribution in [0.25, 0.3) is 0 Å². The zero-order chi connectivity index (χ0) is 14.2. The molecule has 0 N–H and O–H groups in total. The van der Waals surface area contributed by atoms with Crippen LogP contribution in [0.2, 0.25) is 0 Å². The van der Waals surface area contributed by atoms with Gasteiger partial charge in [-0.1, -0.05) is 6.92 Å². The van der Waals surface area contributed by atoms with E-state index in [2.05, 4.69) is 6.92 Å². The molecule has 4 unspecified atom stereocenters. The maximum Gasteiger partial charge on any atom is 0.228 e. The molecule has 1 heterocycles. The van der Waals surface area contributed by atoms with Gasteiger partial charge in [0.15, 0.2) is 0 Å². The Morgan fingerprint density at radius 3 is 2.21 bits per heavy atom. The van der Waals surface area contributed by atoms with E-state index in [-0.39, 0.29) is 36.0 Å². The number of amides is 1. The topological polar surface area (TPSA) is 46.6 Å². The van der Waals surface area contributed by atoms with E-state index < -0.39 is 0 Å². The van der Waals surface area contributed by atoms with Crippen molar-refractivity contribution in [3.63, 3.8) is 0 Å². The van der Waals surface area contributed by atoms with Crippen LogP contribution in [0.5, 0.6) is 0 Å². The lowest BCUT2D eigenvalue weighted by molar-refractivity contribution is -0.140. The summed E-state index contributed by atoms with van der Waals surface area (Å²) in [6, 6.07) is 0.223. The highest BCUT2D eigenvalue weighted by molar-refractivity contribution is 5.82. The van der Waals surface area contributed by atoms with Gasteiger partial charge in [0.2, 0.25) is 5.91 Å². The summed E-state index contributed by atoms with van der Waals surface area (Å²) < 4.78 is 5.76. The highest BCUT2D eigenvalue weighted by atomic mass is 16.5. The normalized spacial score (nSPS) is 36.5. The zero-order valence-electron chi connectivity index (χ0n) is 12.4. The average molecular weight is 267 g/mol. The van der Waals surface area contributed by atoms with Gasteiger partial charge < -0.3 is 9.64 Å². The monoisotopic (exact) mass is 267 g/mol. The van der Waals surface area contributed by atoms with Crippen molar-refractivity contribution in [2.45, 2.75) is 64.7 Å². The summed E-state index contributed by atoms with van der Waals surface area (Å²) in [6.45, 7) is 6.11. The van der Waals surface area contributed by atoms with Gasteiger partial charge >= 0.3 is 0 Å². The molecule has 2 rings (SSSR count). The van der Waals surface area contributed by atoms with Gasteiger partial charge in [-0.2, -0.15) is 0 Å². The Labute approximate surface area is 115 Å². The number of Topliss-reactive ketones (excluding diaryl/α,β-unsaturated/α-hetero) is 1. The van der Waals surface area contributed by atoms with E-state index in [0.29, 0.717) is 18.6 Å². The predicted molar refractivity (Wildman–Crippen MR) is 72.7 cm³/mol. The smallest absolute Gasteiger partial charge is 0.228 e. The molecule has 0 spiro atoms. The third kappa shape index (κ3) is 2.83. The van der Waals surface area contributed by atoms with Crippen molar-refractivity contribution in [2.75, 3.05) is 7.05 Å². The van der Waals surface area contributed by atoms with Gasteiger partial charge in [0.1, 0.15) is 5.78 Å². The van der Waals surface area contributed by atoms with E-state index in [9.17, 15) is 9.59 Å². The van der Waals surface area contributed by atoms with Crippen LogP contribution < -0.4 is 0 Å². The molecule has 19 heavy (non-hydrogen) atoms. The lowest BCUT2D eigenvalue weighted by atomic mass is 9.86. The summed E-state index contributed by atoms with van der Waals surface area (Å²) in [4.78, 5) is 25.8. The highest BCUT2D eigenvalue weighted by Crippen LogP contribution is 2.34. The van der Waals surface area contributed by atoms with Gasteiger partial charge in [-0.05, 0) is 32.6 Å². The minimum atomic E-state index is -0.0439. The second-order valence-electron chi connectivity index (χ2n) is 6.15. The van der Waals surface area contributed by atoms with Crippen molar-refractivity contribution in [3.8, 4) is 0 Å². The number of hydrogen-bond donors (Lipinski definition) is 0. The molecular weight excluding hydrogens is 242 g/mol. The average Bonchev–Trinajstić information content (AvgIpc) is 2.62. The Morgan fingerprint density at radius 2 is 1.74 bits per heavy atom. The van der Waals surface area contributed by atoms with Gasteiger partial charge in [0, 0.05) is 25.9 Å². The summed E-state index contributed by atoms with van der Waals surface area (Å²) in [6.07, 6.45) is 2.99. The van der Waals surface area contributed by atoms with E-state index >= 15 is 0 Å². The number of rotatable bonds is 2. The number of hydrogen-bond acceptors (Lipinski definition) is 3. The fourth-order valence-corrected chi connectivity index (χ4v) is 3.42. The van der Waals surface area contributed by atoms with E-state index in [1.165, 1.54) is 0 Å². The molecular formula is C15H25NO3. The predicted octanol–water partition coefficient (Wildman–Crippen LogP) is 2.02. The first-order valence-electron chi connectivity index (χ1n) is 7.35. The van der Waals surface area contributed by atoms with Crippen molar-refractivity contribution in [2.24, 2.45) is 11.8 Å². The molecule has 4 nitrogen and oxygen atoms in total. The van der Waals surface area contributed by atoms with Crippen LogP contribution in [-0.2, 0) is 14.3 Å². The first-order chi connectivity index (χ1) is 8.91.